The third-order valence-electron chi connectivity index (χ3n) is 4.16. The van der Waals surface area contributed by atoms with Gasteiger partial charge in [0.2, 0.25) is 0 Å². The Kier molecular flexibility index (Phi) is 3.38. The second kappa shape index (κ2) is 5.17. The minimum Gasteiger partial charge on any atom is -0.373 e. The van der Waals surface area contributed by atoms with Crippen molar-refractivity contribution in [3.63, 3.8) is 0 Å². The van der Waals surface area contributed by atoms with Crippen LogP contribution in [0, 0.1) is 0 Å². The van der Waals surface area contributed by atoms with E-state index in [-0.39, 0.29) is 0 Å². The standard InChI is InChI=1S/C16H21N3/c1-17-16-13(11-19(2)14-7-5-8-14)10-12-6-3-4-9-15(12)18-16/h3-4,6,9-10,14H,5,7-8,11H2,1-2H3,(H,17,18). The zero-order chi connectivity index (χ0) is 13.2. The summed E-state index contributed by atoms with van der Waals surface area (Å²) in [4.78, 5) is 7.17. The first-order valence-electron chi connectivity index (χ1n) is 7.04. The van der Waals surface area contributed by atoms with Gasteiger partial charge in [-0.25, -0.2) is 4.98 Å². The average molecular weight is 255 g/mol. The van der Waals surface area contributed by atoms with Crippen molar-refractivity contribution in [2.24, 2.45) is 0 Å². The minimum absolute atomic E-state index is 0.760. The van der Waals surface area contributed by atoms with Crippen LogP contribution in [0.3, 0.4) is 0 Å². The Hall–Kier alpha value is -1.61. The predicted molar refractivity (Wildman–Crippen MR) is 80.4 cm³/mol. The molecule has 1 aliphatic rings. The van der Waals surface area contributed by atoms with E-state index < -0.39 is 0 Å². The van der Waals surface area contributed by atoms with E-state index in [0.29, 0.717) is 0 Å². The van der Waals surface area contributed by atoms with E-state index in [1.54, 1.807) is 0 Å². The van der Waals surface area contributed by atoms with Crippen molar-refractivity contribution >= 4 is 16.7 Å². The second-order valence-corrected chi connectivity index (χ2v) is 5.44. The van der Waals surface area contributed by atoms with Crippen LogP contribution in [-0.2, 0) is 6.54 Å². The van der Waals surface area contributed by atoms with Gasteiger partial charge in [0.15, 0.2) is 0 Å². The van der Waals surface area contributed by atoms with Crippen LogP contribution in [0.5, 0.6) is 0 Å². The largest absolute Gasteiger partial charge is 0.373 e. The lowest BCUT2D eigenvalue weighted by Gasteiger charge is -2.35. The summed E-state index contributed by atoms with van der Waals surface area (Å²) in [5, 5.41) is 4.45. The Balaban J connectivity index is 1.91. The Bertz CT molecular complexity index is 575. The number of nitrogens with zero attached hydrogens (tertiary/aromatic N) is 2. The topological polar surface area (TPSA) is 28.2 Å². The third-order valence-corrected chi connectivity index (χ3v) is 4.16. The van der Waals surface area contributed by atoms with E-state index in [0.717, 1.165) is 23.9 Å². The molecule has 0 saturated heterocycles. The second-order valence-electron chi connectivity index (χ2n) is 5.44. The summed E-state index contributed by atoms with van der Waals surface area (Å²) in [6, 6.07) is 11.3. The number of hydrogen-bond donors (Lipinski definition) is 1. The maximum Gasteiger partial charge on any atom is 0.130 e. The maximum atomic E-state index is 4.71. The number of rotatable bonds is 4. The first kappa shape index (κ1) is 12.4. The molecule has 0 bridgehead atoms. The van der Waals surface area contributed by atoms with Gasteiger partial charge in [-0.2, -0.15) is 0 Å². The quantitative estimate of drug-likeness (QED) is 0.909. The zero-order valence-electron chi connectivity index (χ0n) is 11.7. The number of pyridine rings is 1. The summed E-state index contributed by atoms with van der Waals surface area (Å²) < 4.78 is 0. The van der Waals surface area contributed by atoms with Crippen molar-refractivity contribution in [2.75, 3.05) is 19.4 Å². The fourth-order valence-electron chi connectivity index (χ4n) is 2.72. The molecule has 100 valence electrons. The summed E-state index contributed by atoms with van der Waals surface area (Å²) in [5.74, 6) is 1.00. The molecular formula is C16H21N3. The van der Waals surface area contributed by atoms with E-state index in [4.69, 9.17) is 4.98 Å². The van der Waals surface area contributed by atoms with Crippen LogP contribution < -0.4 is 5.32 Å². The first-order chi connectivity index (χ1) is 9.28. The summed E-state index contributed by atoms with van der Waals surface area (Å²) in [7, 11) is 4.17. The number of hydrogen-bond acceptors (Lipinski definition) is 3. The van der Waals surface area contributed by atoms with E-state index in [1.807, 2.05) is 13.1 Å². The van der Waals surface area contributed by atoms with E-state index in [2.05, 4.69) is 41.5 Å². The molecule has 3 rings (SSSR count). The van der Waals surface area contributed by atoms with E-state index in [9.17, 15) is 0 Å². The Morgan fingerprint density at radius 2 is 2.11 bits per heavy atom. The molecule has 0 atom stereocenters. The molecule has 1 heterocycles. The molecule has 0 aliphatic heterocycles. The molecule has 0 radical (unpaired) electrons. The van der Waals surface area contributed by atoms with Gasteiger partial charge in [-0.15, -0.1) is 0 Å². The van der Waals surface area contributed by atoms with Crippen LogP contribution in [0.1, 0.15) is 24.8 Å². The minimum atomic E-state index is 0.760. The number of anilines is 1. The first-order valence-corrected chi connectivity index (χ1v) is 7.04. The molecule has 1 aliphatic carbocycles. The lowest BCUT2D eigenvalue weighted by Crippen LogP contribution is -2.36. The molecule has 0 unspecified atom stereocenters. The van der Waals surface area contributed by atoms with Crippen molar-refractivity contribution in [3.8, 4) is 0 Å². The number of aromatic nitrogens is 1. The van der Waals surface area contributed by atoms with Crippen molar-refractivity contribution in [1.29, 1.82) is 0 Å². The van der Waals surface area contributed by atoms with Crippen LogP contribution in [0.2, 0.25) is 0 Å². The van der Waals surface area contributed by atoms with Crippen molar-refractivity contribution in [3.05, 3.63) is 35.9 Å². The van der Waals surface area contributed by atoms with Gasteiger partial charge in [0, 0.05) is 30.6 Å². The Labute approximate surface area is 114 Å². The summed E-state index contributed by atoms with van der Waals surface area (Å²) >= 11 is 0. The molecule has 0 amide bonds. The van der Waals surface area contributed by atoms with Gasteiger partial charge in [0.1, 0.15) is 5.82 Å². The highest BCUT2D eigenvalue weighted by molar-refractivity contribution is 5.81. The van der Waals surface area contributed by atoms with Gasteiger partial charge in [0.25, 0.3) is 0 Å². The molecule has 1 aromatic heterocycles. The number of benzene rings is 1. The SMILES string of the molecule is CNc1nc2ccccc2cc1CN(C)C1CCC1. The van der Waals surface area contributed by atoms with Gasteiger partial charge in [0.05, 0.1) is 5.52 Å². The van der Waals surface area contributed by atoms with Gasteiger partial charge < -0.3 is 5.32 Å². The van der Waals surface area contributed by atoms with Crippen molar-refractivity contribution in [2.45, 2.75) is 31.8 Å². The predicted octanol–water partition coefficient (Wildman–Crippen LogP) is 3.26. The van der Waals surface area contributed by atoms with Crippen LogP contribution in [0.15, 0.2) is 30.3 Å². The van der Waals surface area contributed by atoms with E-state index >= 15 is 0 Å². The van der Waals surface area contributed by atoms with Crippen molar-refractivity contribution in [1.82, 2.24) is 9.88 Å². The van der Waals surface area contributed by atoms with Gasteiger partial charge in [-0.3, -0.25) is 4.90 Å². The number of nitrogens with one attached hydrogen (secondary N) is 1. The highest BCUT2D eigenvalue weighted by atomic mass is 15.1. The molecule has 3 heteroatoms. The highest BCUT2D eigenvalue weighted by Gasteiger charge is 2.22. The third kappa shape index (κ3) is 2.43. The molecule has 1 aromatic carbocycles. The Morgan fingerprint density at radius 3 is 2.79 bits per heavy atom. The lowest BCUT2D eigenvalue weighted by molar-refractivity contribution is 0.153. The van der Waals surface area contributed by atoms with Crippen LogP contribution in [0.4, 0.5) is 5.82 Å². The molecule has 0 spiro atoms. The fourth-order valence-corrected chi connectivity index (χ4v) is 2.72. The van der Waals surface area contributed by atoms with Gasteiger partial charge in [-0.1, -0.05) is 24.6 Å². The zero-order valence-corrected chi connectivity index (χ0v) is 11.7. The molecule has 1 N–H and O–H groups in total. The average Bonchev–Trinajstić information content (AvgIpc) is 2.35. The lowest BCUT2D eigenvalue weighted by atomic mass is 9.91. The van der Waals surface area contributed by atoms with Crippen LogP contribution >= 0.6 is 0 Å². The Morgan fingerprint density at radius 1 is 1.32 bits per heavy atom. The summed E-state index contributed by atoms with van der Waals surface area (Å²) in [6.07, 6.45) is 4.06. The molecule has 2 aromatic rings. The maximum absolute atomic E-state index is 4.71. The summed E-state index contributed by atoms with van der Waals surface area (Å²) in [5.41, 5.74) is 2.34. The smallest absolute Gasteiger partial charge is 0.130 e. The molecular weight excluding hydrogens is 234 g/mol. The highest BCUT2D eigenvalue weighted by Crippen LogP contribution is 2.27. The van der Waals surface area contributed by atoms with Gasteiger partial charge >= 0.3 is 0 Å². The molecule has 19 heavy (non-hydrogen) atoms. The van der Waals surface area contributed by atoms with Crippen LogP contribution in [-0.4, -0.2) is 30.0 Å². The number of fused-ring (bicyclic) bond motifs is 1. The van der Waals surface area contributed by atoms with Crippen LogP contribution in [0.25, 0.3) is 10.9 Å². The molecule has 1 fully saturated rings. The normalized spacial score (nSPS) is 15.7. The molecule has 3 nitrogen and oxygen atoms in total. The molecule has 1 saturated carbocycles. The van der Waals surface area contributed by atoms with E-state index in [1.165, 1.54) is 30.2 Å². The fraction of sp³-hybridized carbons (Fsp3) is 0.438. The number of para-hydroxylation sites is 1. The summed E-state index contributed by atoms with van der Waals surface area (Å²) in [6.45, 7) is 0.971. The van der Waals surface area contributed by atoms with Gasteiger partial charge in [-0.05, 0) is 32.0 Å². The van der Waals surface area contributed by atoms with Crippen molar-refractivity contribution < 1.29 is 0 Å². The monoisotopic (exact) mass is 255 g/mol.